The van der Waals surface area contributed by atoms with E-state index >= 15 is 0 Å². The number of nitrogens with zero attached hydrogens (tertiary/aromatic N) is 2. The van der Waals surface area contributed by atoms with E-state index in [0.29, 0.717) is 13.0 Å². The van der Waals surface area contributed by atoms with Crippen LogP contribution < -0.4 is 5.32 Å². The van der Waals surface area contributed by atoms with Crippen LogP contribution in [0.1, 0.15) is 17.5 Å². The predicted molar refractivity (Wildman–Crippen MR) is 75.5 cm³/mol. The first kappa shape index (κ1) is 14.5. The Labute approximate surface area is 116 Å². The highest BCUT2D eigenvalue weighted by Gasteiger charge is 2.09. The van der Waals surface area contributed by atoms with Crippen molar-refractivity contribution in [2.24, 2.45) is 0 Å². The zero-order chi connectivity index (χ0) is 13.7. The van der Waals surface area contributed by atoms with Crippen LogP contribution in [-0.2, 0) is 0 Å². The Morgan fingerprint density at radius 1 is 1.44 bits per heavy atom. The van der Waals surface area contributed by atoms with E-state index in [1.807, 2.05) is 32.0 Å². The van der Waals surface area contributed by atoms with Crippen molar-refractivity contribution in [1.82, 2.24) is 4.90 Å². The number of benzene rings is 1. The van der Waals surface area contributed by atoms with Crippen LogP contribution in [0.4, 0.5) is 10.5 Å². The Morgan fingerprint density at radius 2 is 2.00 bits per heavy atom. The molecule has 0 spiro atoms. The minimum absolute atomic E-state index is 0.202. The van der Waals surface area contributed by atoms with E-state index in [9.17, 15) is 4.79 Å². The quantitative estimate of drug-likeness (QED) is 0.929. The molecule has 0 aliphatic heterocycles. The highest BCUT2D eigenvalue weighted by atomic mass is 79.9. The van der Waals surface area contributed by atoms with E-state index in [1.54, 1.807) is 7.05 Å². The zero-order valence-corrected chi connectivity index (χ0v) is 12.3. The molecule has 96 valence electrons. The number of hydrogen-bond donors (Lipinski definition) is 1. The van der Waals surface area contributed by atoms with Gasteiger partial charge in [-0.25, -0.2) is 4.79 Å². The van der Waals surface area contributed by atoms with Crippen molar-refractivity contribution in [2.75, 3.05) is 18.9 Å². The van der Waals surface area contributed by atoms with Gasteiger partial charge in [-0.3, -0.25) is 0 Å². The second-order valence-electron chi connectivity index (χ2n) is 4.18. The molecule has 1 aromatic carbocycles. The largest absolute Gasteiger partial charge is 0.327 e. The number of rotatable bonds is 3. The maximum absolute atomic E-state index is 11.8. The van der Waals surface area contributed by atoms with Gasteiger partial charge in [0.05, 0.1) is 12.5 Å². The molecule has 18 heavy (non-hydrogen) atoms. The van der Waals surface area contributed by atoms with E-state index in [2.05, 4.69) is 21.2 Å². The highest BCUT2D eigenvalue weighted by Crippen LogP contribution is 2.25. The number of amides is 2. The highest BCUT2D eigenvalue weighted by molar-refractivity contribution is 9.10. The number of aryl methyl sites for hydroxylation is 2. The van der Waals surface area contributed by atoms with E-state index in [0.717, 1.165) is 21.3 Å². The number of carbonyl (C=O) groups is 1. The lowest BCUT2D eigenvalue weighted by Gasteiger charge is -2.17. The minimum atomic E-state index is -0.202. The normalized spacial score (nSPS) is 9.72. The molecule has 0 radical (unpaired) electrons. The minimum Gasteiger partial charge on any atom is -0.327 e. The molecule has 0 fully saturated rings. The molecule has 0 aliphatic rings. The number of halogens is 1. The number of hydrogen-bond acceptors (Lipinski definition) is 2. The Morgan fingerprint density at radius 3 is 2.50 bits per heavy atom. The fraction of sp³-hybridized carbons (Fsp3) is 0.385. The van der Waals surface area contributed by atoms with Gasteiger partial charge in [0.15, 0.2) is 0 Å². The fourth-order valence-corrected chi connectivity index (χ4v) is 1.79. The smallest absolute Gasteiger partial charge is 0.321 e. The van der Waals surface area contributed by atoms with Gasteiger partial charge in [-0.15, -0.1) is 0 Å². The van der Waals surface area contributed by atoms with Crippen molar-refractivity contribution in [3.63, 3.8) is 0 Å². The molecule has 0 saturated heterocycles. The van der Waals surface area contributed by atoms with E-state index in [4.69, 9.17) is 5.26 Å². The summed E-state index contributed by atoms with van der Waals surface area (Å²) in [5.41, 5.74) is 2.91. The van der Waals surface area contributed by atoms with Crippen LogP contribution in [0.3, 0.4) is 0 Å². The molecule has 0 saturated carbocycles. The van der Waals surface area contributed by atoms with Crippen LogP contribution in [0.2, 0.25) is 0 Å². The van der Waals surface area contributed by atoms with Gasteiger partial charge in [-0.2, -0.15) is 5.26 Å². The van der Waals surface area contributed by atoms with Crippen molar-refractivity contribution >= 4 is 27.6 Å². The molecule has 0 atom stereocenters. The molecule has 0 heterocycles. The van der Waals surface area contributed by atoms with Crippen LogP contribution in [0, 0.1) is 25.2 Å². The van der Waals surface area contributed by atoms with Crippen molar-refractivity contribution in [2.45, 2.75) is 20.3 Å². The van der Waals surface area contributed by atoms with Crippen LogP contribution in [0.25, 0.3) is 0 Å². The van der Waals surface area contributed by atoms with Gasteiger partial charge >= 0.3 is 6.03 Å². The average Bonchev–Trinajstić information content (AvgIpc) is 2.32. The fourth-order valence-electron chi connectivity index (χ4n) is 1.56. The number of nitrogens with one attached hydrogen (secondary N) is 1. The first-order valence-corrected chi connectivity index (χ1v) is 6.41. The summed E-state index contributed by atoms with van der Waals surface area (Å²) in [6.45, 7) is 4.38. The molecule has 0 aliphatic carbocycles. The van der Waals surface area contributed by atoms with Gasteiger partial charge in [0.2, 0.25) is 0 Å². The molecule has 2 amide bonds. The lowest BCUT2D eigenvalue weighted by atomic mass is 10.1. The third-order valence-electron chi connectivity index (χ3n) is 2.59. The summed E-state index contributed by atoms with van der Waals surface area (Å²) in [7, 11) is 1.67. The first-order chi connectivity index (χ1) is 8.45. The lowest BCUT2D eigenvalue weighted by molar-refractivity contribution is 0.223. The second-order valence-corrected chi connectivity index (χ2v) is 4.98. The topological polar surface area (TPSA) is 56.1 Å². The summed E-state index contributed by atoms with van der Waals surface area (Å²) < 4.78 is 1.05. The predicted octanol–water partition coefficient (Wildman–Crippen LogP) is 3.44. The molecular formula is C13H16BrN3O. The lowest BCUT2D eigenvalue weighted by Crippen LogP contribution is -2.32. The Kier molecular flexibility index (Phi) is 5.17. The molecular weight excluding hydrogens is 294 g/mol. The van der Waals surface area contributed by atoms with E-state index < -0.39 is 0 Å². The Hall–Kier alpha value is -1.54. The standard InChI is InChI=1S/C13H16BrN3O/c1-9-7-11(8-10(2)12(9)14)16-13(18)17(3)6-4-5-15/h7-8H,4,6H2,1-3H3,(H,16,18). The molecule has 0 aromatic heterocycles. The molecule has 4 nitrogen and oxygen atoms in total. The first-order valence-electron chi connectivity index (χ1n) is 5.61. The Bertz CT molecular complexity index is 470. The number of carbonyl (C=O) groups excluding carboxylic acids is 1. The number of urea groups is 1. The van der Waals surface area contributed by atoms with Gasteiger partial charge in [0.1, 0.15) is 0 Å². The number of nitriles is 1. The van der Waals surface area contributed by atoms with Gasteiger partial charge < -0.3 is 10.2 Å². The average molecular weight is 310 g/mol. The SMILES string of the molecule is Cc1cc(NC(=O)N(C)CCC#N)cc(C)c1Br. The molecule has 5 heteroatoms. The van der Waals surface area contributed by atoms with Gasteiger partial charge in [0, 0.05) is 23.8 Å². The van der Waals surface area contributed by atoms with Gasteiger partial charge in [-0.1, -0.05) is 15.9 Å². The molecule has 1 rings (SSSR count). The van der Waals surface area contributed by atoms with E-state index in [1.165, 1.54) is 4.90 Å². The van der Waals surface area contributed by atoms with Gasteiger partial charge in [0.25, 0.3) is 0 Å². The van der Waals surface area contributed by atoms with Gasteiger partial charge in [-0.05, 0) is 37.1 Å². The van der Waals surface area contributed by atoms with Crippen molar-refractivity contribution in [3.05, 3.63) is 27.7 Å². The molecule has 0 bridgehead atoms. The summed E-state index contributed by atoms with van der Waals surface area (Å²) in [5, 5.41) is 11.3. The zero-order valence-electron chi connectivity index (χ0n) is 10.7. The van der Waals surface area contributed by atoms with Crippen molar-refractivity contribution in [1.29, 1.82) is 5.26 Å². The van der Waals surface area contributed by atoms with Crippen molar-refractivity contribution < 1.29 is 4.79 Å². The third kappa shape index (κ3) is 3.74. The molecule has 1 N–H and O–H groups in total. The van der Waals surface area contributed by atoms with E-state index in [-0.39, 0.29) is 6.03 Å². The summed E-state index contributed by atoms with van der Waals surface area (Å²) in [6, 6.07) is 5.63. The number of anilines is 1. The van der Waals surface area contributed by atoms with Crippen molar-refractivity contribution in [3.8, 4) is 6.07 Å². The summed E-state index contributed by atoms with van der Waals surface area (Å²) in [5.74, 6) is 0. The monoisotopic (exact) mass is 309 g/mol. The molecule has 1 aromatic rings. The van der Waals surface area contributed by atoms with Crippen LogP contribution in [-0.4, -0.2) is 24.5 Å². The summed E-state index contributed by atoms with van der Waals surface area (Å²) in [4.78, 5) is 13.3. The summed E-state index contributed by atoms with van der Waals surface area (Å²) >= 11 is 3.48. The maximum Gasteiger partial charge on any atom is 0.321 e. The Balaban J connectivity index is 2.74. The third-order valence-corrected chi connectivity index (χ3v) is 3.84. The maximum atomic E-state index is 11.8. The summed E-state index contributed by atoms with van der Waals surface area (Å²) in [6.07, 6.45) is 0.336. The second kappa shape index (κ2) is 6.41. The molecule has 0 unspecified atom stereocenters. The van der Waals surface area contributed by atoms with Crippen LogP contribution in [0.15, 0.2) is 16.6 Å². The van der Waals surface area contributed by atoms with Crippen LogP contribution in [0.5, 0.6) is 0 Å². The van der Waals surface area contributed by atoms with Crippen LogP contribution >= 0.6 is 15.9 Å².